The highest BCUT2D eigenvalue weighted by atomic mass is 16.5. The highest BCUT2D eigenvalue weighted by molar-refractivity contribution is 5.79. The van der Waals surface area contributed by atoms with Gasteiger partial charge in [-0.05, 0) is 44.4 Å². The number of oxazole rings is 1. The normalized spacial score (nSPS) is 11.4. The number of aromatic nitrogens is 1. The van der Waals surface area contributed by atoms with Crippen LogP contribution in [-0.2, 0) is 13.0 Å². The highest BCUT2D eigenvalue weighted by Crippen LogP contribution is 2.13. The van der Waals surface area contributed by atoms with Crippen molar-refractivity contribution in [1.29, 1.82) is 0 Å². The van der Waals surface area contributed by atoms with Crippen LogP contribution in [0.2, 0.25) is 0 Å². The molecule has 0 radical (unpaired) electrons. The molecule has 2 N–H and O–H groups in total. The van der Waals surface area contributed by atoms with Gasteiger partial charge in [-0.2, -0.15) is 0 Å². The SMILES string of the molecule is CN=C(NCCCc1cccc(OC)c1)NCc1nc(C)c(C)o1. The summed E-state index contributed by atoms with van der Waals surface area (Å²) >= 11 is 0. The monoisotopic (exact) mass is 330 g/mol. The predicted molar refractivity (Wildman–Crippen MR) is 95.5 cm³/mol. The van der Waals surface area contributed by atoms with Crippen molar-refractivity contribution in [2.24, 2.45) is 4.99 Å². The summed E-state index contributed by atoms with van der Waals surface area (Å²) in [5.74, 6) is 3.17. The standard InChI is InChI=1S/C18H26N4O2/c1-13-14(2)24-17(22-13)12-21-18(19-3)20-10-6-8-15-7-5-9-16(11-15)23-4/h5,7,9,11H,6,8,10,12H2,1-4H3,(H2,19,20,21). The van der Waals surface area contributed by atoms with Crippen LogP contribution >= 0.6 is 0 Å². The quantitative estimate of drug-likeness (QED) is 0.464. The average molecular weight is 330 g/mol. The van der Waals surface area contributed by atoms with Crippen LogP contribution < -0.4 is 15.4 Å². The van der Waals surface area contributed by atoms with E-state index >= 15 is 0 Å². The van der Waals surface area contributed by atoms with Gasteiger partial charge in [0.2, 0.25) is 5.89 Å². The van der Waals surface area contributed by atoms with E-state index in [0.717, 1.165) is 42.5 Å². The molecule has 0 bridgehead atoms. The average Bonchev–Trinajstić information content (AvgIpc) is 2.92. The van der Waals surface area contributed by atoms with Crippen LogP contribution in [0.15, 0.2) is 33.7 Å². The first kappa shape index (κ1) is 17.8. The van der Waals surface area contributed by atoms with Crippen LogP contribution in [0.25, 0.3) is 0 Å². The molecule has 0 saturated carbocycles. The summed E-state index contributed by atoms with van der Waals surface area (Å²) in [6.07, 6.45) is 1.99. The van der Waals surface area contributed by atoms with Crippen molar-refractivity contribution in [1.82, 2.24) is 15.6 Å². The lowest BCUT2D eigenvalue weighted by Crippen LogP contribution is -2.37. The molecule has 1 aromatic heterocycles. The van der Waals surface area contributed by atoms with E-state index in [1.165, 1.54) is 5.56 Å². The first-order valence-electron chi connectivity index (χ1n) is 8.12. The van der Waals surface area contributed by atoms with Crippen LogP contribution in [0, 0.1) is 13.8 Å². The summed E-state index contributed by atoms with van der Waals surface area (Å²) in [5, 5.41) is 6.50. The lowest BCUT2D eigenvalue weighted by Gasteiger charge is -2.10. The molecule has 1 heterocycles. The van der Waals surface area contributed by atoms with Gasteiger partial charge in [-0.15, -0.1) is 0 Å². The smallest absolute Gasteiger partial charge is 0.214 e. The van der Waals surface area contributed by atoms with Gasteiger partial charge in [-0.25, -0.2) is 4.98 Å². The zero-order chi connectivity index (χ0) is 17.4. The summed E-state index contributed by atoms with van der Waals surface area (Å²) in [4.78, 5) is 8.55. The molecule has 2 aromatic rings. The maximum Gasteiger partial charge on any atom is 0.214 e. The zero-order valence-corrected chi connectivity index (χ0v) is 14.8. The van der Waals surface area contributed by atoms with E-state index in [1.54, 1.807) is 14.2 Å². The van der Waals surface area contributed by atoms with Gasteiger partial charge in [0.05, 0.1) is 19.3 Å². The Morgan fingerprint density at radius 3 is 2.79 bits per heavy atom. The van der Waals surface area contributed by atoms with Crippen molar-refractivity contribution >= 4 is 5.96 Å². The number of methoxy groups -OCH3 is 1. The molecule has 0 aliphatic rings. The number of guanidine groups is 1. The second-order valence-corrected chi connectivity index (χ2v) is 5.56. The number of hydrogen-bond donors (Lipinski definition) is 2. The maximum atomic E-state index is 5.55. The Hall–Kier alpha value is -2.50. The molecule has 0 atom stereocenters. The van der Waals surface area contributed by atoms with Crippen molar-refractivity contribution in [3.8, 4) is 5.75 Å². The number of nitrogens with zero attached hydrogens (tertiary/aromatic N) is 2. The molecule has 0 fully saturated rings. The molecule has 6 heteroatoms. The zero-order valence-electron chi connectivity index (χ0n) is 14.8. The molecule has 0 spiro atoms. The molecular weight excluding hydrogens is 304 g/mol. The first-order valence-corrected chi connectivity index (χ1v) is 8.12. The van der Waals surface area contributed by atoms with Gasteiger partial charge in [-0.3, -0.25) is 4.99 Å². The minimum Gasteiger partial charge on any atom is -0.497 e. The van der Waals surface area contributed by atoms with E-state index < -0.39 is 0 Å². The van der Waals surface area contributed by atoms with E-state index in [2.05, 4.69) is 32.7 Å². The summed E-state index contributed by atoms with van der Waals surface area (Å²) in [7, 11) is 3.44. The van der Waals surface area contributed by atoms with Gasteiger partial charge < -0.3 is 19.8 Å². The van der Waals surface area contributed by atoms with E-state index in [-0.39, 0.29) is 0 Å². The summed E-state index contributed by atoms with van der Waals surface area (Å²) in [5.41, 5.74) is 2.19. The molecule has 24 heavy (non-hydrogen) atoms. The molecule has 1 aromatic carbocycles. The van der Waals surface area contributed by atoms with Crippen molar-refractivity contribution in [3.63, 3.8) is 0 Å². The largest absolute Gasteiger partial charge is 0.497 e. The Labute approximate surface area is 143 Å². The van der Waals surface area contributed by atoms with E-state index in [9.17, 15) is 0 Å². The minimum absolute atomic E-state index is 0.518. The Kier molecular flexibility index (Phi) is 6.66. The Balaban J connectivity index is 1.71. The third-order valence-electron chi connectivity index (χ3n) is 3.77. The Morgan fingerprint density at radius 2 is 2.12 bits per heavy atom. The van der Waals surface area contributed by atoms with Gasteiger partial charge in [-0.1, -0.05) is 12.1 Å². The van der Waals surface area contributed by atoms with Crippen molar-refractivity contribution in [3.05, 3.63) is 47.2 Å². The van der Waals surface area contributed by atoms with Crippen molar-refractivity contribution in [2.45, 2.75) is 33.2 Å². The van der Waals surface area contributed by atoms with E-state index in [0.29, 0.717) is 12.4 Å². The fourth-order valence-electron chi connectivity index (χ4n) is 2.32. The number of aliphatic imine (C=N–C) groups is 1. The van der Waals surface area contributed by atoms with Crippen LogP contribution in [0.4, 0.5) is 0 Å². The van der Waals surface area contributed by atoms with Crippen LogP contribution in [-0.4, -0.2) is 31.6 Å². The molecule has 0 aliphatic carbocycles. The molecule has 0 amide bonds. The third-order valence-corrected chi connectivity index (χ3v) is 3.77. The van der Waals surface area contributed by atoms with Gasteiger partial charge in [0.15, 0.2) is 5.96 Å². The van der Waals surface area contributed by atoms with Gasteiger partial charge in [0.1, 0.15) is 11.5 Å². The second kappa shape index (κ2) is 8.96. The lowest BCUT2D eigenvalue weighted by molar-refractivity contribution is 0.414. The molecule has 2 rings (SSSR count). The number of nitrogens with one attached hydrogen (secondary N) is 2. The van der Waals surface area contributed by atoms with E-state index in [4.69, 9.17) is 9.15 Å². The number of hydrogen-bond acceptors (Lipinski definition) is 4. The van der Waals surface area contributed by atoms with Crippen LogP contribution in [0.3, 0.4) is 0 Å². The van der Waals surface area contributed by atoms with Crippen LogP contribution in [0.5, 0.6) is 5.75 Å². The Bertz CT molecular complexity index is 660. The number of benzene rings is 1. The summed E-state index contributed by atoms with van der Waals surface area (Å²) in [6, 6.07) is 8.16. The van der Waals surface area contributed by atoms with Crippen LogP contribution in [0.1, 0.15) is 29.3 Å². The molecule has 0 saturated heterocycles. The predicted octanol–water partition coefficient (Wildman–Crippen LogP) is 2.60. The van der Waals surface area contributed by atoms with Crippen molar-refractivity contribution < 1.29 is 9.15 Å². The first-order chi connectivity index (χ1) is 11.6. The summed E-state index contributed by atoms with van der Waals surface area (Å²) < 4.78 is 10.8. The van der Waals surface area contributed by atoms with Gasteiger partial charge >= 0.3 is 0 Å². The Morgan fingerprint density at radius 1 is 1.29 bits per heavy atom. The molecule has 130 valence electrons. The topological polar surface area (TPSA) is 71.7 Å². The lowest BCUT2D eigenvalue weighted by atomic mass is 10.1. The minimum atomic E-state index is 0.518. The number of rotatable bonds is 7. The number of ether oxygens (including phenoxy) is 1. The fraction of sp³-hybridized carbons (Fsp3) is 0.444. The van der Waals surface area contributed by atoms with E-state index in [1.807, 2.05) is 26.0 Å². The number of aryl methyl sites for hydroxylation is 3. The fourth-order valence-corrected chi connectivity index (χ4v) is 2.32. The van der Waals surface area contributed by atoms with Crippen molar-refractivity contribution in [2.75, 3.05) is 20.7 Å². The van der Waals surface area contributed by atoms with Gasteiger partial charge in [0, 0.05) is 13.6 Å². The molecular formula is C18H26N4O2. The molecule has 6 nitrogen and oxygen atoms in total. The molecule has 0 unspecified atom stereocenters. The molecule has 0 aliphatic heterocycles. The summed E-state index contributed by atoms with van der Waals surface area (Å²) in [6.45, 7) is 5.20. The van der Waals surface area contributed by atoms with Gasteiger partial charge in [0.25, 0.3) is 0 Å². The second-order valence-electron chi connectivity index (χ2n) is 5.56. The highest BCUT2D eigenvalue weighted by Gasteiger charge is 2.06. The third kappa shape index (κ3) is 5.30. The maximum absolute atomic E-state index is 5.55.